The Labute approximate surface area is 98.5 Å². The second-order valence-electron chi connectivity index (χ2n) is 4.41. The highest BCUT2D eigenvalue weighted by Crippen LogP contribution is 2.06. The van der Waals surface area contributed by atoms with E-state index in [4.69, 9.17) is 0 Å². The molecule has 0 spiro atoms. The SMILES string of the molecule is CCCCCNCC(C)n1nc(C)nc1C. The van der Waals surface area contributed by atoms with E-state index in [1.54, 1.807) is 0 Å². The summed E-state index contributed by atoms with van der Waals surface area (Å²) >= 11 is 0. The zero-order chi connectivity index (χ0) is 12.0. The minimum atomic E-state index is 0.378. The van der Waals surface area contributed by atoms with Crippen LogP contribution in [0.25, 0.3) is 0 Å². The summed E-state index contributed by atoms with van der Waals surface area (Å²) in [6, 6.07) is 0.378. The Hall–Kier alpha value is -0.900. The molecule has 0 fully saturated rings. The average Bonchev–Trinajstić information content (AvgIpc) is 2.57. The monoisotopic (exact) mass is 224 g/mol. The number of unbranched alkanes of at least 4 members (excludes halogenated alkanes) is 2. The Bertz CT molecular complexity index is 306. The lowest BCUT2D eigenvalue weighted by molar-refractivity contribution is 0.439. The number of hydrogen-bond acceptors (Lipinski definition) is 3. The van der Waals surface area contributed by atoms with Gasteiger partial charge in [-0.1, -0.05) is 19.8 Å². The molecule has 0 aliphatic rings. The van der Waals surface area contributed by atoms with Gasteiger partial charge in [0.2, 0.25) is 0 Å². The van der Waals surface area contributed by atoms with Crippen LogP contribution >= 0.6 is 0 Å². The van der Waals surface area contributed by atoms with Gasteiger partial charge in [-0.3, -0.25) is 0 Å². The zero-order valence-electron chi connectivity index (χ0n) is 11.0. The van der Waals surface area contributed by atoms with Crippen molar-refractivity contribution in [1.82, 2.24) is 20.1 Å². The van der Waals surface area contributed by atoms with Crippen LogP contribution in [0.4, 0.5) is 0 Å². The van der Waals surface area contributed by atoms with Gasteiger partial charge in [0.25, 0.3) is 0 Å². The van der Waals surface area contributed by atoms with Crippen LogP contribution in [0.2, 0.25) is 0 Å². The maximum absolute atomic E-state index is 4.39. The van der Waals surface area contributed by atoms with Crippen molar-refractivity contribution in [2.45, 2.75) is 53.0 Å². The molecule has 0 bridgehead atoms. The van der Waals surface area contributed by atoms with Crippen molar-refractivity contribution < 1.29 is 0 Å². The smallest absolute Gasteiger partial charge is 0.147 e. The van der Waals surface area contributed by atoms with Crippen molar-refractivity contribution in [2.75, 3.05) is 13.1 Å². The lowest BCUT2D eigenvalue weighted by Gasteiger charge is -2.14. The van der Waals surface area contributed by atoms with Gasteiger partial charge in [0.05, 0.1) is 6.04 Å². The van der Waals surface area contributed by atoms with Crippen LogP contribution in [0, 0.1) is 13.8 Å². The van der Waals surface area contributed by atoms with Gasteiger partial charge in [-0.2, -0.15) is 5.10 Å². The molecule has 1 N–H and O–H groups in total. The number of hydrogen-bond donors (Lipinski definition) is 1. The van der Waals surface area contributed by atoms with Gasteiger partial charge >= 0.3 is 0 Å². The molecule has 0 aliphatic heterocycles. The van der Waals surface area contributed by atoms with Crippen LogP contribution in [0.1, 0.15) is 50.8 Å². The fraction of sp³-hybridized carbons (Fsp3) is 0.833. The van der Waals surface area contributed by atoms with Gasteiger partial charge in [0.1, 0.15) is 11.6 Å². The topological polar surface area (TPSA) is 42.7 Å². The number of aromatic nitrogens is 3. The van der Waals surface area contributed by atoms with E-state index in [-0.39, 0.29) is 0 Å². The fourth-order valence-electron chi connectivity index (χ4n) is 1.85. The lowest BCUT2D eigenvalue weighted by Crippen LogP contribution is -2.25. The minimum Gasteiger partial charge on any atom is -0.315 e. The number of rotatable bonds is 7. The summed E-state index contributed by atoms with van der Waals surface area (Å²) in [6.45, 7) is 10.4. The van der Waals surface area contributed by atoms with E-state index >= 15 is 0 Å². The highest BCUT2D eigenvalue weighted by atomic mass is 15.4. The number of nitrogens with zero attached hydrogens (tertiary/aromatic N) is 3. The minimum absolute atomic E-state index is 0.378. The van der Waals surface area contributed by atoms with Crippen LogP contribution in [0.3, 0.4) is 0 Å². The van der Waals surface area contributed by atoms with E-state index in [1.807, 2.05) is 18.5 Å². The molecule has 1 aromatic rings. The van der Waals surface area contributed by atoms with Crippen LogP contribution in [-0.4, -0.2) is 27.9 Å². The van der Waals surface area contributed by atoms with E-state index < -0.39 is 0 Å². The van der Waals surface area contributed by atoms with Crippen molar-refractivity contribution in [2.24, 2.45) is 0 Å². The third-order valence-corrected chi connectivity index (χ3v) is 2.72. The molecule has 0 saturated carbocycles. The molecule has 0 radical (unpaired) electrons. The molecule has 0 aliphatic carbocycles. The molecule has 0 saturated heterocycles. The van der Waals surface area contributed by atoms with E-state index in [9.17, 15) is 0 Å². The van der Waals surface area contributed by atoms with Crippen LogP contribution in [0.15, 0.2) is 0 Å². The molecule has 92 valence electrons. The molecule has 1 aromatic heterocycles. The van der Waals surface area contributed by atoms with Crippen molar-refractivity contribution in [1.29, 1.82) is 0 Å². The first-order chi connectivity index (χ1) is 7.65. The lowest BCUT2D eigenvalue weighted by atomic mass is 10.2. The quantitative estimate of drug-likeness (QED) is 0.722. The predicted molar refractivity (Wildman–Crippen MR) is 66.6 cm³/mol. The van der Waals surface area contributed by atoms with E-state index in [0.717, 1.165) is 24.7 Å². The highest BCUT2D eigenvalue weighted by Gasteiger charge is 2.09. The van der Waals surface area contributed by atoms with Crippen LogP contribution in [0.5, 0.6) is 0 Å². The molecule has 1 atom stereocenters. The summed E-state index contributed by atoms with van der Waals surface area (Å²) in [4.78, 5) is 4.31. The Morgan fingerprint density at radius 3 is 2.62 bits per heavy atom. The van der Waals surface area contributed by atoms with Gasteiger partial charge in [0.15, 0.2) is 0 Å². The van der Waals surface area contributed by atoms with E-state index in [0.29, 0.717) is 6.04 Å². The maximum Gasteiger partial charge on any atom is 0.147 e. The second kappa shape index (κ2) is 6.63. The summed E-state index contributed by atoms with van der Waals surface area (Å²) in [5, 5.41) is 7.86. The number of nitrogens with one attached hydrogen (secondary N) is 1. The molecule has 4 nitrogen and oxygen atoms in total. The molecule has 0 amide bonds. The third-order valence-electron chi connectivity index (χ3n) is 2.72. The zero-order valence-corrected chi connectivity index (χ0v) is 11.0. The third kappa shape index (κ3) is 3.93. The molecule has 4 heteroatoms. The molecule has 0 aromatic carbocycles. The predicted octanol–water partition coefficient (Wildman–Crippen LogP) is 2.24. The molecule has 1 rings (SSSR count). The normalized spacial score (nSPS) is 13.0. The Kier molecular flexibility index (Phi) is 5.46. The van der Waals surface area contributed by atoms with Crippen molar-refractivity contribution >= 4 is 0 Å². The van der Waals surface area contributed by atoms with Gasteiger partial charge in [0, 0.05) is 6.54 Å². The Morgan fingerprint density at radius 2 is 2.06 bits per heavy atom. The second-order valence-corrected chi connectivity index (χ2v) is 4.41. The maximum atomic E-state index is 4.39. The molecule has 1 heterocycles. The first-order valence-corrected chi connectivity index (χ1v) is 6.25. The van der Waals surface area contributed by atoms with Gasteiger partial charge < -0.3 is 5.32 Å². The molecule has 16 heavy (non-hydrogen) atoms. The van der Waals surface area contributed by atoms with Gasteiger partial charge in [-0.05, 0) is 33.7 Å². The average molecular weight is 224 g/mol. The van der Waals surface area contributed by atoms with E-state index in [2.05, 4.69) is 29.2 Å². The summed E-state index contributed by atoms with van der Waals surface area (Å²) in [5.74, 6) is 1.86. The first kappa shape index (κ1) is 13.2. The summed E-state index contributed by atoms with van der Waals surface area (Å²) in [6.07, 6.45) is 3.85. The molecular weight excluding hydrogens is 200 g/mol. The number of aryl methyl sites for hydroxylation is 2. The summed E-state index contributed by atoms with van der Waals surface area (Å²) in [7, 11) is 0. The molecular formula is C12H24N4. The first-order valence-electron chi connectivity index (χ1n) is 6.25. The summed E-state index contributed by atoms with van der Waals surface area (Å²) < 4.78 is 2.00. The van der Waals surface area contributed by atoms with Crippen LogP contribution in [-0.2, 0) is 0 Å². The molecule has 1 unspecified atom stereocenters. The van der Waals surface area contributed by atoms with Crippen molar-refractivity contribution in [3.63, 3.8) is 0 Å². The standard InChI is InChI=1S/C12H24N4/c1-5-6-7-8-13-9-10(2)16-12(4)14-11(3)15-16/h10,13H,5-9H2,1-4H3. The van der Waals surface area contributed by atoms with Crippen LogP contribution < -0.4 is 5.32 Å². The van der Waals surface area contributed by atoms with Gasteiger partial charge in [-0.15, -0.1) is 0 Å². The Morgan fingerprint density at radius 1 is 1.31 bits per heavy atom. The fourth-order valence-corrected chi connectivity index (χ4v) is 1.85. The summed E-state index contributed by atoms with van der Waals surface area (Å²) in [5.41, 5.74) is 0. The van der Waals surface area contributed by atoms with Gasteiger partial charge in [-0.25, -0.2) is 9.67 Å². The van der Waals surface area contributed by atoms with Crippen molar-refractivity contribution in [3.8, 4) is 0 Å². The van der Waals surface area contributed by atoms with E-state index in [1.165, 1.54) is 19.3 Å². The van der Waals surface area contributed by atoms with Crippen molar-refractivity contribution in [3.05, 3.63) is 11.6 Å². The largest absolute Gasteiger partial charge is 0.315 e. The Balaban J connectivity index is 2.29. The highest BCUT2D eigenvalue weighted by molar-refractivity contribution is 4.89.